The molecule has 0 bridgehead atoms. The highest BCUT2D eigenvalue weighted by Crippen LogP contribution is 2.34. The summed E-state index contributed by atoms with van der Waals surface area (Å²) in [6.45, 7) is 2.84. The normalized spacial score (nSPS) is 18.4. The van der Waals surface area contributed by atoms with E-state index in [2.05, 4.69) is 5.10 Å². The van der Waals surface area contributed by atoms with Crippen molar-refractivity contribution in [3.05, 3.63) is 11.8 Å². The van der Waals surface area contributed by atoms with Gasteiger partial charge in [-0.1, -0.05) is 0 Å². The maximum Gasteiger partial charge on any atom is 0.145 e. The van der Waals surface area contributed by atoms with Crippen LogP contribution in [0.25, 0.3) is 0 Å². The standard InChI is InChI=1S/C10H17N3O/c1-7-5-10(11)12-13(7)6-9(14-2)8-3-4-8/h5,8-9H,3-4,6H2,1-2H3,(H2,11,12). The van der Waals surface area contributed by atoms with Crippen molar-refractivity contribution in [2.75, 3.05) is 12.8 Å². The average molecular weight is 195 g/mol. The Morgan fingerprint density at radius 1 is 1.71 bits per heavy atom. The Bertz CT molecular complexity index is 317. The summed E-state index contributed by atoms with van der Waals surface area (Å²) >= 11 is 0. The first-order valence-electron chi connectivity index (χ1n) is 5.03. The van der Waals surface area contributed by atoms with E-state index in [1.54, 1.807) is 7.11 Å². The van der Waals surface area contributed by atoms with Gasteiger partial charge in [0, 0.05) is 18.9 Å². The lowest BCUT2D eigenvalue weighted by Crippen LogP contribution is -2.22. The van der Waals surface area contributed by atoms with Crippen molar-refractivity contribution in [3.8, 4) is 0 Å². The van der Waals surface area contributed by atoms with E-state index in [4.69, 9.17) is 10.5 Å². The molecule has 0 spiro atoms. The molecule has 1 unspecified atom stereocenters. The molecule has 2 N–H and O–H groups in total. The number of methoxy groups -OCH3 is 1. The van der Waals surface area contributed by atoms with Crippen LogP contribution in [0.3, 0.4) is 0 Å². The number of nitrogen functional groups attached to an aromatic ring is 1. The summed E-state index contributed by atoms with van der Waals surface area (Å²) in [6.07, 6.45) is 2.87. The number of hydrogen-bond donors (Lipinski definition) is 1. The third-order valence-corrected chi connectivity index (χ3v) is 2.80. The summed E-state index contributed by atoms with van der Waals surface area (Å²) in [5, 5.41) is 4.22. The fourth-order valence-electron chi connectivity index (χ4n) is 1.77. The lowest BCUT2D eigenvalue weighted by molar-refractivity contribution is 0.0664. The van der Waals surface area contributed by atoms with Crippen LogP contribution in [0.1, 0.15) is 18.5 Å². The molecule has 4 nitrogen and oxygen atoms in total. The Hall–Kier alpha value is -1.03. The number of anilines is 1. The van der Waals surface area contributed by atoms with Crippen molar-refractivity contribution in [3.63, 3.8) is 0 Å². The molecule has 0 aromatic carbocycles. The van der Waals surface area contributed by atoms with Gasteiger partial charge in [0.05, 0.1) is 12.6 Å². The number of aromatic nitrogens is 2. The first-order chi connectivity index (χ1) is 6.70. The van der Waals surface area contributed by atoms with Crippen molar-refractivity contribution in [1.82, 2.24) is 9.78 Å². The Balaban J connectivity index is 2.04. The maximum atomic E-state index is 5.62. The molecular formula is C10H17N3O. The van der Waals surface area contributed by atoms with Gasteiger partial charge >= 0.3 is 0 Å². The summed E-state index contributed by atoms with van der Waals surface area (Å²) in [7, 11) is 1.77. The molecule has 14 heavy (non-hydrogen) atoms. The Kier molecular flexibility index (Phi) is 2.46. The molecular weight excluding hydrogens is 178 g/mol. The lowest BCUT2D eigenvalue weighted by atomic mass is 10.2. The zero-order chi connectivity index (χ0) is 10.1. The van der Waals surface area contributed by atoms with Gasteiger partial charge in [-0.15, -0.1) is 0 Å². The van der Waals surface area contributed by atoms with Gasteiger partial charge in [-0.05, 0) is 25.7 Å². The Morgan fingerprint density at radius 3 is 2.86 bits per heavy atom. The molecule has 0 radical (unpaired) electrons. The molecule has 1 atom stereocenters. The number of rotatable bonds is 4. The van der Waals surface area contributed by atoms with Gasteiger partial charge in [-0.2, -0.15) is 5.10 Å². The molecule has 4 heteroatoms. The van der Waals surface area contributed by atoms with E-state index in [0.29, 0.717) is 11.9 Å². The quantitative estimate of drug-likeness (QED) is 0.785. The van der Waals surface area contributed by atoms with E-state index in [1.807, 2.05) is 17.7 Å². The van der Waals surface area contributed by atoms with E-state index < -0.39 is 0 Å². The molecule has 2 rings (SSSR count). The van der Waals surface area contributed by atoms with E-state index in [9.17, 15) is 0 Å². The van der Waals surface area contributed by atoms with Crippen LogP contribution in [-0.4, -0.2) is 23.0 Å². The molecule has 1 heterocycles. The van der Waals surface area contributed by atoms with Crippen LogP contribution in [0.15, 0.2) is 6.07 Å². The van der Waals surface area contributed by atoms with E-state index in [-0.39, 0.29) is 0 Å². The van der Waals surface area contributed by atoms with E-state index in [0.717, 1.165) is 18.2 Å². The summed E-state index contributed by atoms with van der Waals surface area (Å²) in [6, 6.07) is 1.89. The summed E-state index contributed by atoms with van der Waals surface area (Å²) in [4.78, 5) is 0. The predicted molar refractivity (Wildman–Crippen MR) is 54.9 cm³/mol. The smallest absolute Gasteiger partial charge is 0.145 e. The SMILES string of the molecule is COC(Cn1nc(N)cc1C)C1CC1. The first-order valence-corrected chi connectivity index (χ1v) is 5.03. The zero-order valence-electron chi connectivity index (χ0n) is 8.73. The van der Waals surface area contributed by atoms with Crippen LogP contribution in [0.5, 0.6) is 0 Å². The second-order valence-corrected chi connectivity index (χ2v) is 4.00. The summed E-state index contributed by atoms with van der Waals surface area (Å²) < 4.78 is 7.37. The fourth-order valence-corrected chi connectivity index (χ4v) is 1.77. The Labute approximate surface area is 84.0 Å². The fraction of sp³-hybridized carbons (Fsp3) is 0.700. The molecule has 1 aromatic rings. The van der Waals surface area contributed by atoms with Gasteiger partial charge in [0.2, 0.25) is 0 Å². The van der Waals surface area contributed by atoms with Crippen LogP contribution in [-0.2, 0) is 11.3 Å². The minimum absolute atomic E-state index is 0.299. The number of ether oxygens (including phenoxy) is 1. The summed E-state index contributed by atoms with van der Waals surface area (Å²) in [5.74, 6) is 1.32. The molecule has 1 fully saturated rings. The molecule has 0 amide bonds. The molecule has 0 saturated heterocycles. The molecule has 1 aliphatic rings. The van der Waals surface area contributed by atoms with E-state index in [1.165, 1.54) is 12.8 Å². The number of hydrogen-bond acceptors (Lipinski definition) is 3. The van der Waals surface area contributed by atoms with Crippen LogP contribution in [0, 0.1) is 12.8 Å². The van der Waals surface area contributed by atoms with Crippen LogP contribution < -0.4 is 5.73 Å². The van der Waals surface area contributed by atoms with Gasteiger partial charge < -0.3 is 10.5 Å². The minimum Gasteiger partial charge on any atom is -0.382 e. The van der Waals surface area contributed by atoms with Crippen molar-refractivity contribution >= 4 is 5.82 Å². The molecule has 78 valence electrons. The molecule has 1 saturated carbocycles. The van der Waals surface area contributed by atoms with Gasteiger partial charge in [0.15, 0.2) is 0 Å². The first kappa shape index (κ1) is 9.52. The second-order valence-electron chi connectivity index (χ2n) is 4.00. The second kappa shape index (κ2) is 3.61. The topological polar surface area (TPSA) is 53.1 Å². The predicted octanol–water partition coefficient (Wildman–Crippen LogP) is 1.20. The lowest BCUT2D eigenvalue weighted by Gasteiger charge is -2.15. The van der Waals surface area contributed by atoms with Gasteiger partial charge in [0.25, 0.3) is 0 Å². The maximum absolute atomic E-state index is 5.62. The highest BCUT2D eigenvalue weighted by Gasteiger charge is 2.31. The van der Waals surface area contributed by atoms with Crippen molar-refractivity contribution in [2.45, 2.75) is 32.4 Å². The number of nitrogens with zero attached hydrogens (tertiary/aromatic N) is 2. The molecule has 1 aromatic heterocycles. The third kappa shape index (κ3) is 1.90. The monoisotopic (exact) mass is 195 g/mol. The van der Waals surface area contributed by atoms with Crippen LogP contribution in [0.4, 0.5) is 5.82 Å². The van der Waals surface area contributed by atoms with Crippen molar-refractivity contribution in [2.24, 2.45) is 5.92 Å². The molecule has 0 aliphatic heterocycles. The minimum atomic E-state index is 0.299. The van der Waals surface area contributed by atoms with Gasteiger partial charge in [-0.25, -0.2) is 0 Å². The largest absolute Gasteiger partial charge is 0.382 e. The average Bonchev–Trinajstić information content (AvgIpc) is 2.91. The zero-order valence-corrected chi connectivity index (χ0v) is 8.73. The molecule has 1 aliphatic carbocycles. The van der Waals surface area contributed by atoms with Crippen molar-refractivity contribution in [1.29, 1.82) is 0 Å². The van der Waals surface area contributed by atoms with Gasteiger partial charge in [-0.3, -0.25) is 4.68 Å². The van der Waals surface area contributed by atoms with E-state index >= 15 is 0 Å². The summed E-state index contributed by atoms with van der Waals surface area (Å²) in [5.41, 5.74) is 6.72. The Morgan fingerprint density at radius 2 is 2.43 bits per heavy atom. The van der Waals surface area contributed by atoms with Crippen LogP contribution in [0.2, 0.25) is 0 Å². The highest BCUT2D eigenvalue weighted by atomic mass is 16.5. The van der Waals surface area contributed by atoms with Crippen molar-refractivity contribution < 1.29 is 4.74 Å². The third-order valence-electron chi connectivity index (χ3n) is 2.80. The van der Waals surface area contributed by atoms with Gasteiger partial charge in [0.1, 0.15) is 5.82 Å². The van der Waals surface area contributed by atoms with Crippen LogP contribution >= 0.6 is 0 Å². The highest BCUT2D eigenvalue weighted by molar-refractivity contribution is 5.28. The number of nitrogens with two attached hydrogens (primary N) is 1. The number of aryl methyl sites for hydroxylation is 1.